The minimum atomic E-state index is -0.382. The number of anilines is 1. The van der Waals surface area contributed by atoms with Crippen molar-refractivity contribution in [2.75, 3.05) is 38.2 Å². The maximum Gasteiger partial charge on any atom is 0.123 e. The van der Waals surface area contributed by atoms with Crippen LogP contribution in [0.1, 0.15) is 12.2 Å². The van der Waals surface area contributed by atoms with E-state index in [0.29, 0.717) is 13.1 Å². The van der Waals surface area contributed by atoms with E-state index in [-0.39, 0.29) is 6.10 Å². The van der Waals surface area contributed by atoms with Crippen LogP contribution in [-0.2, 0) is 6.54 Å². The highest BCUT2D eigenvalue weighted by molar-refractivity contribution is 5.49. The summed E-state index contributed by atoms with van der Waals surface area (Å²) in [4.78, 5) is 4.42. The third-order valence-corrected chi connectivity index (χ3v) is 4.21. The van der Waals surface area contributed by atoms with Gasteiger partial charge in [-0.3, -0.25) is 0 Å². The molecule has 1 atom stereocenters. The van der Waals surface area contributed by atoms with Gasteiger partial charge in [0.05, 0.1) is 26.0 Å². The van der Waals surface area contributed by atoms with Gasteiger partial charge in [-0.2, -0.15) is 0 Å². The van der Waals surface area contributed by atoms with Gasteiger partial charge in [-0.1, -0.05) is 0 Å². The summed E-state index contributed by atoms with van der Waals surface area (Å²) in [5, 5.41) is 10.4. The molecule has 1 fully saturated rings. The van der Waals surface area contributed by atoms with Gasteiger partial charge in [-0.05, 0) is 55.9 Å². The lowest BCUT2D eigenvalue weighted by Gasteiger charge is -2.34. The van der Waals surface area contributed by atoms with Crippen molar-refractivity contribution in [3.8, 4) is 5.75 Å². The summed E-state index contributed by atoms with van der Waals surface area (Å²) in [6, 6.07) is 11.7. The Labute approximate surface area is 137 Å². The minimum absolute atomic E-state index is 0.382. The Balaban J connectivity index is 1.69. The van der Waals surface area contributed by atoms with Crippen molar-refractivity contribution in [1.82, 2.24) is 4.90 Å². The minimum Gasteiger partial charge on any atom is -0.497 e. The zero-order chi connectivity index (χ0) is 16.1. The summed E-state index contributed by atoms with van der Waals surface area (Å²) in [6.45, 7) is 4.13. The molecular weight excluding hydrogens is 292 g/mol. The zero-order valence-electron chi connectivity index (χ0n) is 13.5. The zero-order valence-corrected chi connectivity index (χ0v) is 13.5. The quantitative estimate of drug-likeness (QED) is 0.810. The molecule has 0 spiro atoms. The van der Waals surface area contributed by atoms with Gasteiger partial charge in [0.15, 0.2) is 0 Å². The van der Waals surface area contributed by atoms with Gasteiger partial charge in [0, 0.05) is 18.8 Å². The number of aliphatic hydroxyl groups excluding tert-OH is 1. The summed E-state index contributed by atoms with van der Waals surface area (Å²) < 4.78 is 10.7. The van der Waals surface area contributed by atoms with E-state index in [0.717, 1.165) is 36.8 Å². The molecule has 23 heavy (non-hydrogen) atoms. The van der Waals surface area contributed by atoms with Crippen LogP contribution in [0.3, 0.4) is 0 Å². The van der Waals surface area contributed by atoms with E-state index in [1.165, 1.54) is 6.42 Å². The van der Waals surface area contributed by atoms with Gasteiger partial charge in [-0.15, -0.1) is 0 Å². The Kier molecular flexibility index (Phi) is 5.20. The monoisotopic (exact) mass is 316 g/mol. The summed E-state index contributed by atoms with van der Waals surface area (Å²) in [6.07, 6.45) is 2.53. The predicted octanol–water partition coefficient (Wildman–Crippen LogP) is 2.36. The molecule has 5 nitrogen and oxygen atoms in total. The van der Waals surface area contributed by atoms with Crippen LogP contribution in [0.5, 0.6) is 5.75 Å². The first-order valence-electron chi connectivity index (χ1n) is 8.06. The van der Waals surface area contributed by atoms with E-state index in [1.807, 2.05) is 36.4 Å². The molecule has 3 rings (SSSR count). The topological polar surface area (TPSA) is 49.1 Å². The van der Waals surface area contributed by atoms with Crippen LogP contribution in [0.2, 0.25) is 0 Å². The average molecular weight is 316 g/mol. The van der Waals surface area contributed by atoms with Crippen LogP contribution in [0.15, 0.2) is 47.1 Å². The molecule has 2 aromatic rings. The second-order valence-corrected chi connectivity index (χ2v) is 5.97. The number of ether oxygens (including phenoxy) is 1. The highest BCUT2D eigenvalue weighted by atomic mass is 16.5. The van der Waals surface area contributed by atoms with Crippen LogP contribution in [0.25, 0.3) is 0 Å². The summed E-state index contributed by atoms with van der Waals surface area (Å²) in [5.41, 5.74) is 1.05. The molecule has 1 aromatic heterocycles. The summed E-state index contributed by atoms with van der Waals surface area (Å²) in [5.74, 6) is 1.71. The number of nitrogens with zero attached hydrogens (tertiary/aromatic N) is 2. The first-order valence-corrected chi connectivity index (χ1v) is 8.06. The van der Waals surface area contributed by atoms with Crippen molar-refractivity contribution in [2.24, 2.45) is 0 Å². The number of methoxy groups -OCH3 is 1. The van der Waals surface area contributed by atoms with Crippen LogP contribution in [0, 0.1) is 0 Å². The van der Waals surface area contributed by atoms with Crippen molar-refractivity contribution in [1.29, 1.82) is 0 Å². The molecule has 0 bridgehead atoms. The molecule has 1 aliphatic rings. The summed E-state index contributed by atoms with van der Waals surface area (Å²) >= 11 is 0. The third-order valence-electron chi connectivity index (χ3n) is 4.21. The third kappa shape index (κ3) is 4.27. The number of furan rings is 1. The first kappa shape index (κ1) is 15.9. The lowest BCUT2D eigenvalue weighted by Crippen LogP contribution is -2.45. The smallest absolute Gasteiger partial charge is 0.123 e. The van der Waals surface area contributed by atoms with Crippen molar-refractivity contribution >= 4 is 5.69 Å². The van der Waals surface area contributed by atoms with E-state index in [2.05, 4.69) is 9.80 Å². The van der Waals surface area contributed by atoms with Crippen molar-refractivity contribution in [3.63, 3.8) is 0 Å². The maximum absolute atomic E-state index is 10.4. The standard InChI is InChI=1S/C18H24N2O3/c1-22-17-7-5-15(6-8-17)20(14-18-4-2-11-23-18)13-16(21)12-19-9-3-10-19/h2,4-8,11,16,21H,3,9-10,12-14H2,1H3. The Bertz CT molecular complexity index is 579. The average Bonchev–Trinajstić information content (AvgIpc) is 3.03. The van der Waals surface area contributed by atoms with E-state index >= 15 is 0 Å². The van der Waals surface area contributed by atoms with E-state index in [4.69, 9.17) is 9.15 Å². The molecule has 0 aliphatic carbocycles. The maximum atomic E-state index is 10.4. The number of aliphatic hydroxyl groups is 1. The van der Waals surface area contributed by atoms with Gasteiger partial charge in [-0.25, -0.2) is 0 Å². The van der Waals surface area contributed by atoms with E-state index in [1.54, 1.807) is 13.4 Å². The van der Waals surface area contributed by atoms with Gasteiger partial charge in [0.25, 0.3) is 0 Å². The van der Waals surface area contributed by atoms with Crippen LogP contribution in [0.4, 0.5) is 5.69 Å². The molecule has 1 aliphatic heterocycles. The van der Waals surface area contributed by atoms with Gasteiger partial charge >= 0.3 is 0 Å². The highest BCUT2D eigenvalue weighted by Crippen LogP contribution is 2.22. The Hall–Kier alpha value is -1.98. The Morgan fingerprint density at radius 1 is 1.26 bits per heavy atom. The number of likely N-dealkylation sites (tertiary alicyclic amines) is 1. The Morgan fingerprint density at radius 2 is 2.04 bits per heavy atom. The number of rotatable bonds is 8. The Morgan fingerprint density at radius 3 is 2.61 bits per heavy atom. The van der Waals surface area contributed by atoms with Crippen LogP contribution in [-0.4, -0.2) is 49.4 Å². The predicted molar refractivity (Wildman–Crippen MR) is 89.8 cm³/mol. The number of hydrogen-bond donors (Lipinski definition) is 1. The van der Waals surface area contributed by atoms with E-state index < -0.39 is 0 Å². The largest absolute Gasteiger partial charge is 0.497 e. The fourth-order valence-electron chi connectivity index (χ4n) is 2.82. The van der Waals surface area contributed by atoms with Crippen molar-refractivity contribution in [2.45, 2.75) is 19.1 Å². The molecule has 0 amide bonds. The molecule has 1 saturated heterocycles. The number of benzene rings is 1. The molecule has 1 unspecified atom stereocenters. The number of hydrogen-bond acceptors (Lipinski definition) is 5. The second kappa shape index (κ2) is 7.53. The van der Waals surface area contributed by atoms with E-state index in [9.17, 15) is 5.11 Å². The first-order chi connectivity index (χ1) is 11.2. The molecular formula is C18H24N2O3. The van der Waals surface area contributed by atoms with Crippen molar-refractivity contribution in [3.05, 3.63) is 48.4 Å². The molecule has 2 heterocycles. The van der Waals surface area contributed by atoms with Crippen LogP contribution < -0.4 is 9.64 Å². The molecule has 5 heteroatoms. The van der Waals surface area contributed by atoms with Gasteiger partial charge in [0.2, 0.25) is 0 Å². The highest BCUT2D eigenvalue weighted by Gasteiger charge is 2.20. The molecule has 1 aromatic carbocycles. The van der Waals surface area contributed by atoms with Gasteiger partial charge in [0.1, 0.15) is 11.5 Å². The summed E-state index contributed by atoms with van der Waals surface area (Å²) in [7, 11) is 1.66. The fraction of sp³-hybridized carbons (Fsp3) is 0.444. The molecule has 0 radical (unpaired) electrons. The van der Waals surface area contributed by atoms with Crippen molar-refractivity contribution < 1.29 is 14.3 Å². The SMILES string of the molecule is COc1ccc(N(Cc2ccco2)CC(O)CN2CCC2)cc1. The molecule has 0 saturated carbocycles. The molecule has 124 valence electrons. The lowest BCUT2D eigenvalue weighted by atomic mass is 10.1. The van der Waals surface area contributed by atoms with Gasteiger partial charge < -0.3 is 24.1 Å². The normalized spacial score (nSPS) is 15.9. The lowest BCUT2D eigenvalue weighted by molar-refractivity contribution is 0.0822. The molecule has 1 N–H and O–H groups in total. The van der Waals surface area contributed by atoms with Crippen LogP contribution >= 0.6 is 0 Å². The second-order valence-electron chi connectivity index (χ2n) is 5.97. The fourth-order valence-corrected chi connectivity index (χ4v) is 2.82. The number of β-amino-alcohol motifs (C(OH)–C–C–N with tert-alkyl or cyclic N) is 1.